The van der Waals surface area contributed by atoms with Crippen LogP contribution in [0.4, 0.5) is 8.78 Å². The van der Waals surface area contributed by atoms with Gasteiger partial charge in [0.05, 0.1) is 5.39 Å². The molecule has 0 fully saturated rings. The zero-order valence-electron chi connectivity index (χ0n) is 18.4. The van der Waals surface area contributed by atoms with Crippen molar-refractivity contribution in [1.29, 1.82) is 0 Å². The molecule has 4 aromatic rings. The third-order valence-corrected chi connectivity index (χ3v) is 6.13. The summed E-state index contributed by atoms with van der Waals surface area (Å²) >= 11 is 0. The zero-order valence-corrected chi connectivity index (χ0v) is 18.4. The highest BCUT2D eigenvalue weighted by Gasteiger charge is 2.15. The van der Waals surface area contributed by atoms with E-state index in [4.69, 9.17) is 4.42 Å². The zero-order chi connectivity index (χ0) is 22.5. The lowest BCUT2D eigenvalue weighted by Crippen LogP contribution is -2.02. The Labute approximate surface area is 186 Å². The third-order valence-electron chi connectivity index (χ3n) is 6.13. The van der Waals surface area contributed by atoms with Gasteiger partial charge in [-0.15, -0.1) is 0 Å². The smallest absolute Gasteiger partial charge is 0.344 e. The summed E-state index contributed by atoms with van der Waals surface area (Å²) in [6.45, 7) is 2.24. The van der Waals surface area contributed by atoms with E-state index in [-0.39, 0.29) is 5.58 Å². The fraction of sp³-hybridized carbons (Fsp3) is 0.321. The molecule has 0 unspecified atom stereocenters. The van der Waals surface area contributed by atoms with Gasteiger partial charge >= 0.3 is 5.63 Å². The molecule has 0 aliphatic heterocycles. The van der Waals surface area contributed by atoms with E-state index < -0.39 is 17.3 Å². The van der Waals surface area contributed by atoms with Crippen molar-refractivity contribution < 1.29 is 13.2 Å². The molecule has 2 nitrogen and oxygen atoms in total. The van der Waals surface area contributed by atoms with Crippen molar-refractivity contribution in [2.24, 2.45) is 0 Å². The molecule has 166 valence electrons. The van der Waals surface area contributed by atoms with Gasteiger partial charge in [0, 0.05) is 10.8 Å². The molecule has 0 bridgehead atoms. The quantitative estimate of drug-likeness (QED) is 0.151. The van der Waals surface area contributed by atoms with Crippen LogP contribution in [0.2, 0.25) is 0 Å². The molecule has 0 aliphatic carbocycles. The Morgan fingerprint density at radius 3 is 2.12 bits per heavy atom. The number of rotatable bonds is 9. The van der Waals surface area contributed by atoms with Gasteiger partial charge in [-0.25, -0.2) is 9.18 Å². The van der Waals surface area contributed by atoms with Crippen LogP contribution in [0, 0.1) is 11.6 Å². The highest BCUT2D eigenvalue weighted by atomic mass is 19.2. The average molecular weight is 435 g/mol. The van der Waals surface area contributed by atoms with E-state index in [1.807, 2.05) is 6.07 Å². The molecule has 0 radical (unpaired) electrons. The lowest BCUT2D eigenvalue weighted by atomic mass is 9.98. The minimum Gasteiger partial charge on any atom is -0.419 e. The summed E-state index contributed by atoms with van der Waals surface area (Å²) in [6, 6.07) is 16.3. The van der Waals surface area contributed by atoms with Crippen LogP contribution in [0.1, 0.15) is 57.4 Å². The van der Waals surface area contributed by atoms with Crippen molar-refractivity contribution >= 4 is 21.7 Å². The first-order valence-corrected chi connectivity index (χ1v) is 11.5. The van der Waals surface area contributed by atoms with Gasteiger partial charge in [0.15, 0.2) is 11.4 Å². The van der Waals surface area contributed by atoms with Gasteiger partial charge in [0.25, 0.3) is 0 Å². The average Bonchev–Trinajstić information content (AvgIpc) is 2.81. The Morgan fingerprint density at radius 2 is 1.38 bits per heavy atom. The summed E-state index contributed by atoms with van der Waals surface area (Å²) in [6.07, 6.45) is 10.1. The Hall–Kier alpha value is -3.01. The molecule has 1 heterocycles. The second kappa shape index (κ2) is 10.1. The molecule has 32 heavy (non-hydrogen) atoms. The van der Waals surface area contributed by atoms with Crippen LogP contribution in [0.25, 0.3) is 32.9 Å². The minimum atomic E-state index is -1.14. The second-order valence-electron chi connectivity index (χ2n) is 8.46. The standard InChI is InChI=1S/C28H28F2O2/c1-2-3-4-5-6-7-8-9-19-10-12-20(13-11-19)21-14-15-22-23-16-17-25(29)26(30)27(23)32-28(31)24(22)18-21/h10-18H,2-9H2,1H3. The Bertz CT molecular complexity index is 1270. The largest absolute Gasteiger partial charge is 0.419 e. The van der Waals surface area contributed by atoms with Crippen molar-refractivity contribution in [3.8, 4) is 11.1 Å². The SMILES string of the molecule is CCCCCCCCCc1ccc(-c2ccc3c(c2)c(=O)oc2c(F)c(F)ccc23)cc1. The van der Waals surface area contributed by atoms with E-state index in [2.05, 4.69) is 31.2 Å². The number of aryl methyl sites for hydroxylation is 1. The van der Waals surface area contributed by atoms with Crippen molar-refractivity contribution in [3.05, 3.63) is 82.2 Å². The fourth-order valence-electron chi connectivity index (χ4n) is 4.27. The minimum absolute atomic E-state index is 0.343. The summed E-state index contributed by atoms with van der Waals surface area (Å²) in [7, 11) is 0. The van der Waals surface area contributed by atoms with Crippen molar-refractivity contribution in [2.45, 2.75) is 58.3 Å². The molecule has 0 aliphatic rings. The van der Waals surface area contributed by atoms with Crippen molar-refractivity contribution in [2.75, 3.05) is 0 Å². The summed E-state index contributed by atoms with van der Waals surface area (Å²) in [5, 5.41) is 1.29. The molecule has 0 amide bonds. The topological polar surface area (TPSA) is 30.2 Å². The first kappa shape index (κ1) is 22.2. The number of fused-ring (bicyclic) bond motifs is 3. The lowest BCUT2D eigenvalue weighted by molar-refractivity contribution is 0.480. The van der Waals surface area contributed by atoms with Crippen LogP contribution in [0.5, 0.6) is 0 Å². The molecule has 4 heteroatoms. The van der Waals surface area contributed by atoms with Crippen LogP contribution in [-0.2, 0) is 6.42 Å². The monoisotopic (exact) mass is 434 g/mol. The van der Waals surface area contributed by atoms with Gasteiger partial charge in [-0.3, -0.25) is 0 Å². The molecular weight excluding hydrogens is 406 g/mol. The number of hydrogen-bond donors (Lipinski definition) is 0. The van der Waals surface area contributed by atoms with Crippen LogP contribution in [0.3, 0.4) is 0 Å². The normalized spacial score (nSPS) is 11.5. The van der Waals surface area contributed by atoms with Gasteiger partial charge in [0.1, 0.15) is 0 Å². The lowest BCUT2D eigenvalue weighted by Gasteiger charge is -2.08. The van der Waals surface area contributed by atoms with Crippen molar-refractivity contribution in [1.82, 2.24) is 0 Å². The Balaban J connectivity index is 1.50. The fourth-order valence-corrected chi connectivity index (χ4v) is 4.27. The van der Waals surface area contributed by atoms with Crippen LogP contribution in [-0.4, -0.2) is 0 Å². The number of hydrogen-bond acceptors (Lipinski definition) is 2. The van der Waals surface area contributed by atoms with Gasteiger partial charge < -0.3 is 4.42 Å². The van der Waals surface area contributed by atoms with Gasteiger partial charge in [-0.2, -0.15) is 4.39 Å². The van der Waals surface area contributed by atoms with Gasteiger partial charge in [-0.1, -0.05) is 81.8 Å². The second-order valence-corrected chi connectivity index (χ2v) is 8.46. The van der Waals surface area contributed by atoms with E-state index in [0.717, 1.165) is 23.6 Å². The summed E-state index contributed by atoms with van der Waals surface area (Å²) in [4.78, 5) is 12.5. The summed E-state index contributed by atoms with van der Waals surface area (Å²) in [5.41, 5.74) is 2.18. The van der Waals surface area contributed by atoms with E-state index >= 15 is 0 Å². The maximum Gasteiger partial charge on any atom is 0.344 e. The van der Waals surface area contributed by atoms with Crippen LogP contribution >= 0.6 is 0 Å². The highest BCUT2D eigenvalue weighted by molar-refractivity contribution is 6.05. The van der Waals surface area contributed by atoms with E-state index in [1.165, 1.54) is 56.6 Å². The first-order chi connectivity index (χ1) is 15.6. The molecule has 0 atom stereocenters. The molecule has 0 saturated heterocycles. The molecule has 0 spiro atoms. The van der Waals surface area contributed by atoms with Crippen LogP contribution < -0.4 is 5.63 Å². The predicted molar refractivity (Wildman–Crippen MR) is 127 cm³/mol. The van der Waals surface area contributed by atoms with Crippen LogP contribution in [0.15, 0.2) is 63.8 Å². The number of benzene rings is 3. The van der Waals surface area contributed by atoms with E-state index in [1.54, 1.807) is 12.1 Å². The highest BCUT2D eigenvalue weighted by Crippen LogP contribution is 2.30. The molecule has 1 aromatic heterocycles. The predicted octanol–water partition coefficient (Wildman–Crippen LogP) is 8.18. The maximum atomic E-state index is 14.1. The molecule has 3 aromatic carbocycles. The number of halogens is 2. The van der Waals surface area contributed by atoms with Gasteiger partial charge in [0.2, 0.25) is 5.82 Å². The Morgan fingerprint density at radius 1 is 0.719 bits per heavy atom. The molecule has 0 N–H and O–H groups in total. The van der Waals surface area contributed by atoms with E-state index in [0.29, 0.717) is 16.2 Å². The third kappa shape index (κ3) is 4.74. The van der Waals surface area contributed by atoms with Crippen molar-refractivity contribution in [3.63, 3.8) is 0 Å². The Kier molecular flexibility index (Phi) is 6.99. The summed E-state index contributed by atoms with van der Waals surface area (Å²) in [5.74, 6) is -2.17. The summed E-state index contributed by atoms with van der Waals surface area (Å²) < 4.78 is 32.7. The molecule has 4 rings (SSSR count). The first-order valence-electron chi connectivity index (χ1n) is 11.5. The van der Waals surface area contributed by atoms with E-state index in [9.17, 15) is 13.6 Å². The van der Waals surface area contributed by atoms with Gasteiger partial charge in [-0.05, 0) is 47.7 Å². The maximum absolute atomic E-state index is 14.1. The molecule has 0 saturated carbocycles. The molecular formula is C28H28F2O2. The number of unbranched alkanes of at least 4 members (excludes halogenated alkanes) is 6.